The maximum absolute atomic E-state index is 14.7. The van der Waals surface area contributed by atoms with E-state index in [-0.39, 0.29) is 42.8 Å². The fourth-order valence-corrected chi connectivity index (χ4v) is 7.23. The van der Waals surface area contributed by atoms with E-state index in [0.29, 0.717) is 32.5 Å². The number of nitrogens with zero attached hydrogens (tertiary/aromatic N) is 4. The van der Waals surface area contributed by atoms with Gasteiger partial charge in [-0.2, -0.15) is 5.11 Å². The normalized spacial score (nSPS) is 26.1. The number of hydrogen-bond acceptors (Lipinski definition) is 10. The van der Waals surface area contributed by atoms with Crippen LogP contribution in [0.3, 0.4) is 0 Å². The molecule has 3 aliphatic heterocycles. The van der Waals surface area contributed by atoms with Crippen molar-refractivity contribution in [1.82, 2.24) is 10.0 Å². The first-order chi connectivity index (χ1) is 15.6. The number of anilines is 1. The Kier molecular flexibility index (Phi) is 6.80. The SMILES string of the molecule is NC[C@@H]1CCN(c2ccc(S(=O)(=O)N[C@@H]3CCNC3)c(S(N)(=O)=O)c2C2=NCN=N2)C[C@@H]1F. The second-order valence-corrected chi connectivity index (χ2v) is 11.4. The third kappa shape index (κ3) is 4.93. The summed E-state index contributed by atoms with van der Waals surface area (Å²) in [6, 6.07) is 2.23. The molecule has 15 heteroatoms. The van der Waals surface area contributed by atoms with Gasteiger partial charge < -0.3 is 16.0 Å². The van der Waals surface area contributed by atoms with Crippen LogP contribution in [-0.2, 0) is 20.0 Å². The van der Waals surface area contributed by atoms with Gasteiger partial charge in [0.1, 0.15) is 16.0 Å². The lowest BCUT2D eigenvalue weighted by Crippen LogP contribution is -2.45. The van der Waals surface area contributed by atoms with E-state index >= 15 is 0 Å². The molecule has 0 spiro atoms. The number of aliphatic imine (C=N–C) groups is 1. The van der Waals surface area contributed by atoms with Gasteiger partial charge in [-0.05, 0) is 38.1 Å². The summed E-state index contributed by atoms with van der Waals surface area (Å²) < 4.78 is 69.1. The molecule has 1 aromatic carbocycles. The van der Waals surface area contributed by atoms with Gasteiger partial charge >= 0.3 is 0 Å². The number of hydrogen-bond donors (Lipinski definition) is 4. The Balaban J connectivity index is 1.87. The van der Waals surface area contributed by atoms with Crippen molar-refractivity contribution in [2.24, 2.45) is 32.0 Å². The molecule has 0 radical (unpaired) electrons. The van der Waals surface area contributed by atoms with Crippen LogP contribution in [-0.4, -0.2) is 74.3 Å². The fraction of sp³-hybridized carbons (Fsp3) is 0.611. The Morgan fingerprint density at radius 3 is 2.61 bits per heavy atom. The minimum Gasteiger partial charge on any atom is -0.368 e. The minimum absolute atomic E-state index is 0.0389. The zero-order valence-electron chi connectivity index (χ0n) is 17.8. The van der Waals surface area contributed by atoms with E-state index < -0.39 is 42.1 Å². The molecule has 3 aliphatic rings. The summed E-state index contributed by atoms with van der Waals surface area (Å²) in [5, 5.41) is 16.2. The zero-order chi connectivity index (χ0) is 23.8. The lowest BCUT2D eigenvalue weighted by molar-refractivity contribution is 0.202. The van der Waals surface area contributed by atoms with Gasteiger partial charge in [-0.25, -0.2) is 36.1 Å². The van der Waals surface area contributed by atoms with Gasteiger partial charge in [0.05, 0.1) is 5.56 Å². The van der Waals surface area contributed by atoms with Crippen molar-refractivity contribution < 1.29 is 21.2 Å². The number of halogens is 1. The van der Waals surface area contributed by atoms with Crippen molar-refractivity contribution in [2.75, 3.05) is 44.3 Å². The summed E-state index contributed by atoms with van der Waals surface area (Å²) in [5.41, 5.74) is 5.83. The van der Waals surface area contributed by atoms with Crippen LogP contribution in [0.15, 0.2) is 37.1 Å². The zero-order valence-corrected chi connectivity index (χ0v) is 19.4. The predicted octanol–water partition coefficient (Wildman–Crippen LogP) is -0.733. The quantitative estimate of drug-likeness (QED) is 0.378. The highest BCUT2D eigenvalue weighted by molar-refractivity contribution is 7.92. The first kappa shape index (κ1) is 24.1. The third-order valence-electron chi connectivity index (χ3n) is 6.05. The highest BCUT2D eigenvalue weighted by atomic mass is 32.2. The number of sulfonamides is 2. The monoisotopic (exact) mass is 502 g/mol. The average Bonchev–Trinajstić information content (AvgIpc) is 3.46. The molecule has 2 fully saturated rings. The molecule has 12 nitrogen and oxygen atoms in total. The van der Waals surface area contributed by atoms with Crippen LogP contribution >= 0.6 is 0 Å². The van der Waals surface area contributed by atoms with Crippen molar-refractivity contribution in [3.8, 4) is 0 Å². The van der Waals surface area contributed by atoms with Crippen molar-refractivity contribution in [2.45, 2.75) is 34.8 Å². The number of alkyl halides is 1. The number of nitrogens with two attached hydrogens (primary N) is 2. The molecule has 33 heavy (non-hydrogen) atoms. The molecular formula is C18H27FN8O4S2. The van der Waals surface area contributed by atoms with Crippen molar-refractivity contribution >= 4 is 31.6 Å². The molecule has 0 aromatic heterocycles. The van der Waals surface area contributed by atoms with E-state index in [9.17, 15) is 21.2 Å². The number of amidine groups is 1. The van der Waals surface area contributed by atoms with Crippen LogP contribution in [0.1, 0.15) is 18.4 Å². The molecule has 0 amide bonds. The van der Waals surface area contributed by atoms with E-state index in [1.165, 1.54) is 12.1 Å². The van der Waals surface area contributed by atoms with E-state index in [2.05, 4.69) is 25.3 Å². The Labute approximate surface area is 191 Å². The number of rotatable bonds is 7. The highest BCUT2D eigenvalue weighted by Crippen LogP contribution is 2.36. The molecule has 0 aliphatic carbocycles. The molecular weight excluding hydrogens is 475 g/mol. The second-order valence-electron chi connectivity index (χ2n) is 8.25. The minimum atomic E-state index is -4.57. The number of nitrogens with one attached hydrogen (secondary N) is 2. The summed E-state index contributed by atoms with van der Waals surface area (Å²) in [5.74, 6) is -0.375. The van der Waals surface area contributed by atoms with Crippen LogP contribution in [0.5, 0.6) is 0 Å². The molecule has 3 heterocycles. The van der Waals surface area contributed by atoms with Gasteiger partial charge in [0.25, 0.3) is 0 Å². The maximum atomic E-state index is 14.7. The Bertz CT molecular complexity index is 1180. The lowest BCUT2D eigenvalue weighted by atomic mass is 9.94. The molecule has 2 saturated heterocycles. The van der Waals surface area contributed by atoms with Crippen LogP contribution < -0.4 is 25.8 Å². The summed E-state index contributed by atoms with van der Waals surface area (Å²) in [6.07, 6.45) is -0.225. The van der Waals surface area contributed by atoms with Crippen LogP contribution in [0.2, 0.25) is 0 Å². The Morgan fingerprint density at radius 2 is 2.03 bits per heavy atom. The topological polar surface area (TPSA) is 185 Å². The van der Waals surface area contributed by atoms with Gasteiger partial charge in [0.2, 0.25) is 20.0 Å². The van der Waals surface area contributed by atoms with Gasteiger partial charge in [0, 0.05) is 37.3 Å². The lowest BCUT2D eigenvalue weighted by Gasteiger charge is -2.37. The van der Waals surface area contributed by atoms with Crippen molar-refractivity contribution in [1.29, 1.82) is 0 Å². The van der Waals surface area contributed by atoms with Gasteiger partial charge in [-0.15, -0.1) is 5.11 Å². The van der Waals surface area contributed by atoms with Crippen molar-refractivity contribution in [3.05, 3.63) is 17.7 Å². The molecule has 0 saturated carbocycles. The highest BCUT2D eigenvalue weighted by Gasteiger charge is 2.37. The van der Waals surface area contributed by atoms with Crippen molar-refractivity contribution in [3.63, 3.8) is 0 Å². The molecule has 0 unspecified atom stereocenters. The summed E-state index contributed by atoms with van der Waals surface area (Å²) >= 11 is 0. The van der Waals surface area contributed by atoms with Crippen LogP contribution in [0.25, 0.3) is 0 Å². The molecule has 3 atom stereocenters. The van der Waals surface area contributed by atoms with Gasteiger partial charge in [-0.3, -0.25) is 0 Å². The standard InChI is InChI=1S/C18H27FN8O4S2/c19-13-9-27(6-4-11(13)7-20)14-1-2-15(33(30,31)26-12-3-5-22-8-12)17(32(21,28)29)16(14)18-23-10-24-25-18/h1-2,11-13,22,26H,3-10,20H2,(H2,21,28,29)/t11-,12+,13-/m0/s1. The predicted molar refractivity (Wildman–Crippen MR) is 120 cm³/mol. The fourth-order valence-electron chi connectivity index (χ4n) is 4.36. The first-order valence-corrected chi connectivity index (χ1v) is 13.6. The average molecular weight is 503 g/mol. The van der Waals surface area contributed by atoms with Gasteiger partial charge in [0.15, 0.2) is 12.5 Å². The smallest absolute Gasteiger partial charge is 0.242 e. The number of piperidine rings is 1. The van der Waals surface area contributed by atoms with E-state index in [1.54, 1.807) is 4.90 Å². The number of benzene rings is 1. The number of primary sulfonamides is 1. The largest absolute Gasteiger partial charge is 0.368 e. The van der Waals surface area contributed by atoms with E-state index in [0.717, 1.165) is 0 Å². The second kappa shape index (κ2) is 9.31. The van der Waals surface area contributed by atoms with Gasteiger partial charge in [-0.1, -0.05) is 0 Å². The third-order valence-corrected chi connectivity index (χ3v) is 8.73. The van der Waals surface area contributed by atoms with Crippen LogP contribution in [0.4, 0.5) is 10.1 Å². The van der Waals surface area contributed by atoms with E-state index in [4.69, 9.17) is 10.9 Å². The van der Waals surface area contributed by atoms with E-state index in [1.807, 2.05) is 0 Å². The first-order valence-electron chi connectivity index (χ1n) is 10.6. The Hall–Kier alpha value is -2.04. The molecule has 0 bridgehead atoms. The summed E-state index contributed by atoms with van der Waals surface area (Å²) in [4.78, 5) is 4.62. The summed E-state index contributed by atoms with van der Waals surface area (Å²) in [7, 11) is -8.83. The molecule has 182 valence electrons. The number of azo groups is 1. The Morgan fingerprint density at radius 1 is 1.24 bits per heavy atom. The summed E-state index contributed by atoms with van der Waals surface area (Å²) in [6.45, 7) is 1.57. The molecule has 6 N–H and O–H groups in total. The molecule has 4 rings (SSSR count). The maximum Gasteiger partial charge on any atom is 0.242 e. The van der Waals surface area contributed by atoms with Crippen LogP contribution in [0, 0.1) is 5.92 Å². The molecule has 1 aromatic rings.